The Kier molecular flexibility index (Phi) is 3.85. The Morgan fingerprint density at radius 2 is 2.00 bits per heavy atom. The van der Waals surface area contributed by atoms with E-state index < -0.39 is 0 Å². The number of aryl methyl sites for hydroxylation is 1. The van der Waals surface area contributed by atoms with Gasteiger partial charge in [-0.2, -0.15) is 0 Å². The van der Waals surface area contributed by atoms with E-state index in [1.165, 1.54) is 19.3 Å². The minimum atomic E-state index is 0.537. The lowest BCUT2D eigenvalue weighted by Crippen LogP contribution is -2.23. The van der Waals surface area contributed by atoms with E-state index in [2.05, 4.69) is 30.4 Å². The molecule has 1 aromatic rings. The Morgan fingerprint density at radius 1 is 1.31 bits per heavy atom. The topological polar surface area (TPSA) is 30.7 Å². The molecule has 0 saturated heterocycles. The standard InChI is InChI=1S/C12H20ClN3/c1-9-5-10(2)7-12(6-9)16-8-11(3-4-13)14-15-16/h8-10,12H,3-7H2,1-2H3. The van der Waals surface area contributed by atoms with E-state index in [0.29, 0.717) is 11.9 Å². The fraction of sp³-hybridized carbons (Fsp3) is 0.833. The van der Waals surface area contributed by atoms with Gasteiger partial charge in [-0.05, 0) is 31.1 Å². The zero-order valence-electron chi connectivity index (χ0n) is 10.1. The highest BCUT2D eigenvalue weighted by Crippen LogP contribution is 2.35. The molecule has 2 rings (SSSR count). The van der Waals surface area contributed by atoms with E-state index in [0.717, 1.165) is 24.0 Å². The highest BCUT2D eigenvalue weighted by Gasteiger charge is 2.25. The predicted molar refractivity (Wildman–Crippen MR) is 65.7 cm³/mol. The molecule has 0 amide bonds. The van der Waals surface area contributed by atoms with E-state index in [1.807, 2.05) is 4.68 Å². The maximum absolute atomic E-state index is 5.70. The first-order chi connectivity index (χ1) is 7.69. The molecule has 1 heterocycles. The van der Waals surface area contributed by atoms with Crippen molar-refractivity contribution < 1.29 is 0 Å². The Balaban J connectivity index is 2.04. The molecule has 0 aliphatic heterocycles. The van der Waals surface area contributed by atoms with Crippen LogP contribution in [0.3, 0.4) is 0 Å². The van der Waals surface area contributed by atoms with Gasteiger partial charge in [0.1, 0.15) is 0 Å². The smallest absolute Gasteiger partial charge is 0.0839 e. The van der Waals surface area contributed by atoms with Gasteiger partial charge in [0.2, 0.25) is 0 Å². The van der Waals surface area contributed by atoms with Crippen molar-refractivity contribution in [2.75, 3.05) is 5.88 Å². The molecule has 0 bridgehead atoms. The van der Waals surface area contributed by atoms with Crippen molar-refractivity contribution >= 4 is 11.6 Å². The minimum Gasteiger partial charge on any atom is -0.249 e. The Morgan fingerprint density at radius 3 is 2.62 bits per heavy atom. The summed E-state index contributed by atoms with van der Waals surface area (Å²) in [4.78, 5) is 0. The lowest BCUT2D eigenvalue weighted by atomic mass is 9.80. The van der Waals surface area contributed by atoms with Gasteiger partial charge >= 0.3 is 0 Å². The molecular weight excluding hydrogens is 222 g/mol. The van der Waals surface area contributed by atoms with E-state index in [9.17, 15) is 0 Å². The number of hydrogen-bond acceptors (Lipinski definition) is 2. The summed E-state index contributed by atoms with van der Waals surface area (Å²) in [5, 5.41) is 8.40. The highest BCUT2D eigenvalue weighted by atomic mass is 35.5. The molecule has 90 valence electrons. The van der Waals surface area contributed by atoms with Gasteiger partial charge in [-0.15, -0.1) is 16.7 Å². The molecule has 1 saturated carbocycles. The van der Waals surface area contributed by atoms with Crippen molar-refractivity contribution in [3.8, 4) is 0 Å². The molecule has 0 radical (unpaired) electrons. The van der Waals surface area contributed by atoms with Crippen molar-refractivity contribution in [3.05, 3.63) is 11.9 Å². The van der Waals surface area contributed by atoms with Gasteiger partial charge in [-0.1, -0.05) is 19.1 Å². The van der Waals surface area contributed by atoms with Gasteiger partial charge in [-0.3, -0.25) is 0 Å². The lowest BCUT2D eigenvalue weighted by molar-refractivity contribution is 0.208. The van der Waals surface area contributed by atoms with E-state index in [4.69, 9.17) is 11.6 Å². The summed E-state index contributed by atoms with van der Waals surface area (Å²) >= 11 is 5.70. The molecular formula is C12H20ClN3. The van der Waals surface area contributed by atoms with Crippen LogP contribution in [0.25, 0.3) is 0 Å². The van der Waals surface area contributed by atoms with Crippen molar-refractivity contribution in [1.82, 2.24) is 15.0 Å². The molecule has 1 aliphatic carbocycles. The van der Waals surface area contributed by atoms with Crippen LogP contribution < -0.4 is 0 Å². The Bertz CT molecular complexity index is 327. The number of nitrogens with zero attached hydrogens (tertiary/aromatic N) is 3. The monoisotopic (exact) mass is 241 g/mol. The molecule has 1 aliphatic rings. The van der Waals surface area contributed by atoms with Crippen LogP contribution in [-0.4, -0.2) is 20.9 Å². The van der Waals surface area contributed by atoms with Gasteiger partial charge in [0, 0.05) is 18.5 Å². The van der Waals surface area contributed by atoms with Crippen molar-refractivity contribution in [2.45, 2.75) is 45.6 Å². The molecule has 1 aromatic heterocycles. The van der Waals surface area contributed by atoms with Gasteiger partial charge in [0.25, 0.3) is 0 Å². The highest BCUT2D eigenvalue weighted by molar-refractivity contribution is 6.17. The quantitative estimate of drug-likeness (QED) is 0.762. The largest absolute Gasteiger partial charge is 0.249 e. The summed E-state index contributed by atoms with van der Waals surface area (Å²) in [5.41, 5.74) is 1.01. The maximum Gasteiger partial charge on any atom is 0.0839 e. The van der Waals surface area contributed by atoms with Crippen LogP contribution in [0.1, 0.15) is 44.8 Å². The minimum absolute atomic E-state index is 0.537. The second-order valence-electron chi connectivity index (χ2n) is 5.20. The van der Waals surface area contributed by atoms with E-state index in [-0.39, 0.29) is 0 Å². The number of hydrogen-bond donors (Lipinski definition) is 0. The summed E-state index contributed by atoms with van der Waals surface area (Å²) in [7, 11) is 0. The van der Waals surface area contributed by atoms with Crippen LogP contribution in [0, 0.1) is 11.8 Å². The molecule has 4 heteroatoms. The van der Waals surface area contributed by atoms with E-state index >= 15 is 0 Å². The second kappa shape index (κ2) is 5.17. The summed E-state index contributed by atoms with van der Waals surface area (Å²) in [6, 6.07) is 0.537. The van der Waals surface area contributed by atoms with Crippen molar-refractivity contribution in [1.29, 1.82) is 0 Å². The summed E-state index contributed by atoms with van der Waals surface area (Å²) < 4.78 is 2.05. The zero-order valence-corrected chi connectivity index (χ0v) is 10.8. The zero-order chi connectivity index (χ0) is 11.5. The molecule has 0 N–H and O–H groups in total. The Labute approximate surface area is 102 Å². The van der Waals surface area contributed by atoms with Gasteiger partial charge < -0.3 is 0 Å². The first-order valence-corrected chi connectivity index (χ1v) is 6.69. The first kappa shape index (κ1) is 11.9. The lowest BCUT2D eigenvalue weighted by Gasteiger charge is -2.31. The third kappa shape index (κ3) is 2.76. The number of halogens is 1. The average Bonchev–Trinajstić information content (AvgIpc) is 2.65. The number of aromatic nitrogens is 3. The van der Waals surface area contributed by atoms with Crippen LogP contribution in [0.4, 0.5) is 0 Å². The van der Waals surface area contributed by atoms with Crippen molar-refractivity contribution in [3.63, 3.8) is 0 Å². The van der Waals surface area contributed by atoms with Crippen LogP contribution in [0.5, 0.6) is 0 Å². The molecule has 2 unspecified atom stereocenters. The normalized spacial score (nSPS) is 30.6. The van der Waals surface area contributed by atoms with Crippen LogP contribution >= 0.6 is 11.6 Å². The Hall–Kier alpha value is -0.570. The molecule has 2 atom stereocenters. The first-order valence-electron chi connectivity index (χ1n) is 6.15. The van der Waals surface area contributed by atoms with Gasteiger partial charge in [-0.25, -0.2) is 4.68 Å². The van der Waals surface area contributed by atoms with Crippen LogP contribution in [-0.2, 0) is 6.42 Å². The number of alkyl halides is 1. The van der Waals surface area contributed by atoms with Crippen LogP contribution in [0.15, 0.2) is 6.20 Å². The van der Waals surface area contributed by atoms with E-state index in [1.54, 1.807) is 0 Å². The summed E-state index contributed by atoms with van der Waals surface area (Å²) in [5.74, 6) is 2.22. The fourth-order valence-electron chi connectivity index (χ4n) is 2.82. The molecule has 0 spiro atoms. The predicted octanol–water partition coefficient (Wildman–Crippen LogP) is 3.06. The second-order valence-corrected chi connectivity index (χ2v) is 5.58. The van der Waals surface area contributed by atoms with Crippen LogP contribution in [0.2, 0.25) is 0 Å². The molecule has 0 aromatic carbocycles. The fourth-order valence-corrected chi connectivity index (χ4v) is 3.02. The van der Waals surface area contributed by atoms with Crippen molar-refractivity contribution in [2.24, 2.45) is 11.8 Å². The number of rotatable bonds is 3. The maximum atomic E-state index is 5.70. The van der Waals surface area contributed by atoms with Gasteiger partial charge in [0.05, 0.1) is 11.7 Å². The average molecular weight is 242 g/mol. The molecule has 3 nitrogen and oxygen atoms in total. The molecule has 16 heavy (non-hydrogen) atoms. The summed E-state index contributed by atoms with van der Waals surface area (Å²) in [6.45, 7) is 4.67. The molecule has 1 fully saturated rings. The third-order valence-corrected chi connectivity index (χ3v) is 3.63. The SMILES string of the molecule is CC1CC(C)CC(n2cc(CCCl)nn2)C1. The summed E-state index contributed by atoms with van der Waals surface area (Å²) in [6.07, 6.45) is 6.69. The third-order valence-electron chi connectivity index (χ3n) is 3.44. The van der Waals surface area contributed by atoms with Gasteiger partial charge in [0.15, 0.2) is 0 Å².